The molecule has 0 radical (unpaired) electrons. The summed E-state index contributed by atoms with van der Waals surface area (Å²) in [6.45, 7) is 0.278. The van der Waals surface area contributed by atoms with Crippen molar-refractivity contribution in [1.29, 1.82) is 0 Å². The van der Waals surface area contributed by atoms with Gasteiger partial charge >= 0.3 is 0 Å². The molecule has 0 N–H and O–H groups in total. The molecule has 0 spiro atoms. The topological polar surface area (TPSA) is 36.9 Å². The van der Waals surface area contributed by atoms with Gasteiger partial charge in [0.2, 0.25) is 0 Å². The minimum absolute atomic E-state index is 0.278. The second-order valence-electron chi connectivity index (χ2n) is 8.98. The van der Waals surface area contributed by atoms with E-state index >= 15 is 0 Å². The molecule has 3 atom stereocenters. The van der Waals surface area contributed by atoms with E-state index in [0.717, 1.165) is 22.3 Å². The fourth-order valence-electron chi connectivity index (χ4n) is 4.86. The van der Waals surface area contributed by atoms with Gasteiger partial charge in [0.05, 0.1) is 6.61 Å². The molecule has 37 heavy (non-hydrogen) atoms. The Hall–Kier alpha value is -3.35. The fraction of sp³-hybridized carbons (Fsp3) is 0.219. The minimum atomic E-state index is -0.844. The smallest absolute Gasteiger partial charge is 0.191 e. The molecule has 4 aromatic carbocycles. The lowest BCUT2D eigenvalue weighted by atomic mass is 9.80. The molecule has 0 unspecified atom stereocenters. The van der Waals surface area contributed by atoms with Crippen molar-refractivity contribution in [2.24, 2.45) is 0 Å². The van der Waals surface area contributed by atoms with E-state index in [4.69, 9.17) is 31.2 Å². The first-order valence-electron chi connectivity index (χ1n) is 12.5. The zero-order chi connectivity index (χ0) is 25.5. The van der Waals surface area contributed by atoms with Gasteiger partial charge in [-0.1, -0.05) is 121 Å². The van der Waals surface area contributed by atoms with E-state index in [1.54, 1.807) is 7.11 Å². The van der Waals surface area contributed by atoms with E-state index < -0.39 is 11.9 Å². The maximum absolute atomic E-state index is 6.98. The molecule has 1 aliphatic heterocycles. The molecule has 0 saturated carbocycles. The number of hydrogen-bond donors (Lipinski definition) is 0. The van der Waals surface area contributed by atoms with Crippen LogP contribution in [0.1, 0.15) is 28.7 Å². The maximum Gasteiger partial charge on any atom is 0.191 e. The average Bonchev–Trinajstić information content (AvgIpc) is 3.37. The van der Waals surface area contributed by atoms with Gasteiger partial charge in [0.1, 0.15) is 17.8 Å². The zero-order valence-corrected chi connectivity index (χ0v) is 21.6. The Balaban J connectivity index is 1.48. The molecule has 188 valence electrons. The van der Waals surface area contributed by atoms with E-state index in [-0.39, 0.29) is 18.8 Å². The number of methoxy groups -OCH3 is 1. The van der Waals surface area contributed by atoms with Crippen LogP contribution in [0.4, 0.5) is 0 Å². The lowest BCUT2D eigenvalue weighted by molar-refractivity contribution is -0.143. The van der Waals surface area contributed by atoms with Crippen LogP contribution >= 0.6 is 12.2 Å². The third kappa shape index (κ3) is 5.50. The van der Waals surface area contributed by atoms with Crippen LogP contribution in [0.3, 0.4) is 0 Å². The van der Waals surface area contributed by atoms with Crippen molar-refractivity contribution in [3.05, 3.63) is 144 Å². The first kappa shape index (κ1) is 25.3. The predicted molar refractivity (Wildman–Crippen MR) is 148 cm³/mol. The van der Waals surface area contributed by atoms with Crippen LogP contribution < -0.4 is 0 Å². The highest BCUT2D eigenvalue weighted by Crippen LogP contribution is 2.41. The highest BCUT2D eigenvalue weighted by atomic mass is 32.1. The van der Waals surface area contributed by atoms with Crippen molar-refractivity contribution >= 4 is 17.3 Å². The number of thiocarbonyl (C=S) groups is 1. The summed E-state index contributed by atoms with van der Waals surface area (Å²) in [5.41, 5.74) is 3.12. The van der Waals surface area contributed by atoms with E-state index in [2.05, 4.69) is 36.4 Å². The first-order valence-corrected chi connectivity index (χ1v) is 12.9. The summed E-state index contributed by atoms with van der Waals surface area (Å²) in [6.07, 6.45) is -0.511. The molecule has 1 aliphatic rings. The van der Waals surface area contributed by atoms with Crippen LogP contribution in [0.25, 0.3) is 0 Å². The Morgan fingerprint density at radius 1 is 0.757 bits per heavy atom. The van der Waals surface area contributed by atoms with Crippen LogP contribution in [0.2, 0.25) is 0 Å². The third-order valence-electron chi connectivity index (χ3n) is 6.70. The number of benzene rings is 4. The van der Waals surface area contributed by atoms with Gasteiger partial charge in [-0.25, -0.2) is 0 Å². The van der Waals surface area contributed by atoms with Crippen LogP contribution in [-0.4, -0.2) is 37.3 Å². The van der Waals surface area contributed by atoms with Gasteiger partial charge in [0.25, 0.3) is 0 Å². The van der Waals surface area contributed by atoms with Crippen molar-refractivity contribution in [1.82, 2.24) is 0 Å². The van der Waals surface area contributed by atoms with Gasteiger partial charge in [-0.05, 0) is 28.9 Å². The van der Waals surface area contributed by atoms with Gasteiger partial charge in [0, 0.05) is 19.1 Å². The normalized spacial score (nSPS) is 19.4. The van der Waals surface area contributed by atoms with Crippen molar-refractivity contribution in [3.8, 4) is 0 Å². The fourth-order valence-corrected chi connectivity index (χ4v) is 5.12. The lowest BCUT2D eigenvalue weighted by Crippen LogP contribution is -2.39. The van der Waals surface area contributed by atoms with Crippen LogP contribution in [0.15, 0.2) is 121 Å². The number of rotatable bonds is 9. The van der Waals surface area contributed by atoms with Crippen LogP contribution in [0.5, 0.6) is 0 Å². The van der Waals surface area contributed by atoms with Gasteiger partial charge < -0.3 is 18.9 Å². The second kappa shape index (κ2) is 11.8. The van der Waals surface area contributed by atoms with Crippen molar-refractivity contribution in [2.45, 2.75) is 30.5 Å². The summed E-state index contributed by atoms with van der Waals surface area (Å²) in [7, 11) is 1.64. The minimum Gasteiger partial charge on any atom is -0.476 e. The molecule has 5 heteroatoms. The summed E-state index contributed by atoms with van der Waals surface area (Å²) in [5, 5.41) is 0.441. The Morgan fingerprint density at radius 2 is 1.22 bits per heavy atom. The molecule has 0 amide bonds. The standard InChI is InChI=1S/C32H30O4S/c1-33-30-22-28(36-31(37)24-14-6-2-7-15-24)29(35-30)23-34-32(25-16-8-3-9-17-25,26-18-10-4-11-19-26)27-20-12-5-13-21-27/h2-21,28-30H,22-23H2,1H3/t28-,29+,30-/m0/s1. The molecular formula is C32H30O4S. The molecule has 0 bridgehead atoms. The van der Waals surface area contributed by atoms with E-state index in [0.29, 0.717) is 11.5 Å². The van der Waals surface area contributed by atoms with Crippen molar-refractivity contribution in [3.63, 3.8) is 0 Å². The molecule has 1 saturated heterocycles. The van der Waals surface area contributed by atoms with Crippen LogP contribution in [0, 0.1) is 0 Å². The molecule has 0 aliphatic carbocycles. The largest absolute Gasteiger partial charge is 0.476 e. The monoisotopic (exact) mass is 510 g/mol. The SMILES string of the molecule is CO[C@@H]1C[C@H](OC(=S)c2ccccc2)[C@@H](COC(c2ccccc2)(c2ccccc2)c2ccccc2)O1. The third-order valence-corrected chi connectivity index (χ3v) is 7.03. The van der Waals surface area contributed by atoms with E-state index in [1.165, 1.54) is 0 Å². The molecule has 4 nitrogen and oxygen atoms in total. The maximum atomic E-state index is 6.98. The van der Waals surface area contributed by atoms with Gasteiger partial charge in [-0.3, -0.25) is 0 Å². The molecule has 5 rings (SSSR count). The predicted octanol–water partition coefficient (Wildman–Crippen LogP) is 6.52. The highest BCUT2D eigenvalue weighted by molar-refractivity contribution is 7.80. The first-order chi connectivity index (χ1) is 18.2. The molecule has 1 fully saturated rings. The Bertz CT molecular complexity index is 1170. The summed E-state index contributed by atoms with van der Waals surface area (Å²) < 4.78 is 25.0. The Labute approximate surface area is 223 Å². The Kier molecular flexibility index (Phi) is 8.07. The summed E-state index contributed by atoms with van der Waals surface area (Å²) in [5.74, 6) is 0. The average molecular weight is 511 g/mol. The molecule has 4 aromatic rings. The lowest BCUT2D eigenvalue weighted by Gasteiger charge is -2.37. The quantitative estimate of drug-likeness (QED) is 0.189. The van der Waals surface area contributed by atoms with Gasteiger partial charge in [-0.2, -0.15) is 0 Å². The molecular weight excluding hydrogens is 480 g/mol. The van der Waals surface area contributed by atoms with Crippen molar-refractivity contribution in [2.75, 3.05) is 13.7 Å². The molecule has 1 heterocycles. The second-order valence-corrected chi connectivity index (χ2v) is 9.35. The van der Waals surface area contributed by atoms with Gasteiger partial charge in [0.15, 0.2) is 11.3 Å². The summed E-state index contributed by atoms with van der Waals surface area (Å²) in [4.78, 5) is 0. The van der Waals surface area contributed by atoms with Crippen LogP contribution in [-0.2, 0) is 24.5 Å². The molecule has 0 aromatic heterocycles. The van der Waals surface area contributed by atoms with E-state index in [9.17, 15) is 0 Å². The van der Waals surface area contributed by atoms with Gasteiger partial charge in [-0.15, -0.1) is 0 Å². The highest BCUT2D eigenvalue weighted by Gasteiger charge is 2.43. The van der Waals surface area contributed by atoms with Crippen molar-refractivity contribution < 1.29 is 18.9 Å². The zero-order valence-electron chi connectivity index (χ0n) is 20.7. The van der Waals surface area contributed by atoms with E-state index in [1.807, 2.05) is 84.9 Å². The number of ether oxygens (including phenoxy) is 4. The summed E-state index contributed by atoms with van der Waals surface area (Å²) >= 11 is 5.61. The number of hydrogen-bond acceptors (Lipinski definition) is 5. The summed E-state index contributed by atoms with van der Waals surface area (Å²) in [6, 6.07) is 40.6. The Morgan fingerprint density at radius 3 is 1.68 bits per heavy atom.